The van der Waals surface area contributed by atoms with Gasteiger partial charge in [-0.05, 0) is 30.6 Å². The molecule has 0 fully saturated rings. The van der Waals surface area contributed by atoms with Crippen LogP contribution in [0.25, 0.3) is 0 Å². The molecule has 0 aromatic carbocycles. The van der Waals surface area contributed by atoms with Crippen molar-refractivity contribution in [2.24, 2.45) is 17.8 Å². The molecule has 0 heterocycles. The summed E-state index contributed by atoms with van der Waals surface area (Å²) < 4.78 is 0. The van der Waals surface area contributed by atoms with Crippen LogP contribution in [0.2, 0.25) is 0 Å². The first-order valence-electron chi connectivity index (χ1n) is 5.47. The van der Waals surface area contributed by atoms with Crippen LogP contribution >= 0.6 is 0 Å². The summed E-state index contributed by atoms with van der Waals surface area (Å²) in [7, 11) is 0. The molecule has 0 bridgehead atoms. The van der Waals surface area contributed by atoms with Gasteiger partial charge >= 0.3 is 0 Å². The van der Waals surface area contributed by atoms with Crippen molar-refractivity contribution in [3.05, 3.63) is 23.8 Å². The van der Waals surface area contributed by atoms with Gasteiger partial charge in [-0.3, -0.25) is 0 Å². The van der Waals surface area contributed by atoms with Crippen molar-refractivity contribution >= 4 is 0 Å². The van der Waals surface area contributed by atoms with E-state index in [0.29, 0.717) is 0 Å². The van der Waals surface area contributed by atoms with Crippen LogP contribution in [0.4, 0.5) is 0 Å². The minimum atomic E-state index is 0.801. The highest BCUT2D eigenvalue weighted by atomic mass is 14.2. The predicted molar refractivity (Wildman–Crippen MR) is 59.6 cm³/mol. The zero-order valence-electron chi connectivity index (χ0n) is 9.38. The molecule has 0 saturated carbocycles. The molecule has 0 heteroatoms. The number of rotatable bonds is 4. The van der Waals surface area contributed by atoms with E-state index in [9.17, 15) is 0 Å². The lowest BCUT2D eigenvalue weighted by Crippen LogP contribution is -2.15. The lowest BCUT2D eigenvalue weighted by molar-refractivity contribution is 0.287. The van der Waals surface area contributed by atoms with E-state index in [1.165, 1.54) is 6.42 Å². The van der Waals surface area contributed by atoms with Gasteiger partial charge in [0.25, 0.3) is 0 Å². The number of allylic oxidation sites excluding steroid dienone is 4. The van der Waals surface area contributed by atoms with Crippen LogP contribution in [0, 0.1) is 17.8 Å². The summed E-state index contributed by atoms with van der Waals surface area (Å²) in [6.07, 6.45) is 9.33. The summed E-state index contributed by atoms with van der Waals surface area (Å²) in [6.45, 7) is 9.35. The Morgan fingerprint density at radius 3 is 2.15 bits per heavy atom. The van der Waals surface area contributed by atoms with Crippen LogP contribution in [0.3, 0.4) is 0 Å². The van der Waals surface area contributed by atoms with Gasteiger partial charge in [0, 0.05) is 0 Å². The Labute approximate surface area is 82.7 Å². The Kier molecular flexibility index (Phi) is 3.77. The molecule has 1 aliphatic carbocycles. The highest BCUT2D eigenvalue weighted by Crippen LogP contribution is 2.29. The van der Waals surface area contributed by atoms with E-state index in [1.54, 1.807) is 5.57 Å². The average molecular weight is 178 g/mol. The van der Waals surface area contributed by atoms with Crippen LogP contribution in [0.1, 0.15) is 40.5 Å². The van der Waals surface area contributed by atoms with Gasteiger partial charge < -0.3 is 0 Å². The molecule has 0 atom stereocenters. The second-order valence-corrected chi connectivity index (χ2v) is 4.77. The summed E-state index contributed by atoms with van der Waals surface area (Å²) in [5.74, 6) is 2.44. The Balaban J connectivity index is 2.52. The quantitative estimate of drug-likeness (QED) is 0.605. The van der Waals surface area contributed by atoms with Crippen LogP contribution in [0.5, 0.6) is 0 Å². The summed E-state index contributed by atoms with van der Waals surface area (Å²) in [4.78, 5) is 0. The zero-order valence-corrected chi connectivity index (χ0v) is 9.38. The van der Waals surface area contributed by atoms with Gasteiger partial charge in [-0.15, -0.1) is 0 Å². The maximum atomic E-state index is 2.36. The van der Waals surface area contributed by atoms with Crippen LogP contribution < -0.4 is 0 Å². The van der Waals surface area contributed by atoms with E-state index < -0.39 is 0 Å². The van der Waals surface area contributed by atoms with E-state index >= 15 is 0 Å². The first-order valence-corrected chi connectivity index (χ1v) is 5.47. The van der Waals surface area contributed by atoms with Crippen molar-refractivity contribution in [3.8, 4) is 0 Å². The summed E-state index contributed by atoms with van der Waals surface area (Å²) in [5, 5.41) is 0. The van der Waals surface area contributed by atoms with E-state index in [1.807, 2.05) is 0 Å². The molecule has 0 nitrogen and oxygen atoms in total. The lowest BCUT2D eigenvalue weighted by atomic mass is 9.81. The third kappa shape index (κ3) is 3.02. The molecule has 0 aliphatic heterocycles. The molecule has 13 heavy (non-hydrogen) atoms. The van der Waals surface area contributed by atoms with Crippen molar-refractivity contribution in [2.45, 2.75) is 40.5 Å². The normalized spacial score (nSPS) is 16.4. The molecular formula is C13H22. The molecule has 1 rings (SSSR count). The number of hydrogen-bond acceptors (Lipinski definition) is 0. The molecule has 0 radical (unpaired) electrons. The lowest BCUT2D eigenvalue weighted by Gasteiger charge is -2.24. The Morgan fingerprint density at radius 2 is 1.77 bits per heavy atom. The Bertz CT molecular complexity index is 198. The SMILES string of the molecule is CC(C)C(CC1=CCC=C1)C(C)C. The molecule has 0 saturated heterocycles. The molecule has 0 unspecified atom stereocenters. The molecule has 0 spiro atoms. The van der Waals surface area contributed by atoms with E-state index in [4.69, 9.17) is 0 Å². The van der Waals surface area contributed by atoms with E-state index in [-0.39, 0.29) is 0 Å². The highest BCUT2D eigenvalue weighted by Gasteiger charge is 2.18. The summed E-state index contributed by atoms with van der Waals surface area (Å²) in [5.41, 5.74) is 1.55. The fourth-order valence-corrected chi connectivity index (χ4v) is 2.17. The van der Waals surface area contributed by atoms with E-state index in [2.05, 4.69) is 45.9 Å². The van der Waals surface area contributed by atoms with Crippen molar-refractivity contribution in [2.75, 3.05) is 0 Å². The fraction of sp³-hybridized carbons (Fsp3) is 0.692. The summed E-state index contributed by atoms with van der Waals surface area (Å²) in [6, 6.07) is 0. The second kappa shape index (κ2) is 4.64. The molecule has 0 aromatic heterocycles. The highest BCUT2D eigenvalue weighted by molar-refractivity contribution is 5.26. The van der Waals surface area contributed by atoms with Gasteiger partial charge in [-0.2, -0.15) is 0 Å². The largest absolute Gasteiger partial charge is 0.0805 e. The Hall–Kier alpha value is -0.520. The van der Waals surface area contributed by atoms with Crippen LogP contribution in [-0.2, 0) is 0 Å². The first-order chi connectivity index (χ1) is 6.11. The second-order valence-electron chi connectivity index (χ2n) is 4.77. The van der Waals surface area contributed by atoms with Gasteiger partial charge in [-0.25, -0.2) is 0 Å². The van der Waals surface area contributed by atoms with Gasteiger partial charge in [0.2, 0.25) is 0 Å². The monoisotopic (exact) mass is 178 g/mol. The molecule has 1 aliphatic rings. The van der Waals surface area contributed by atoms with Gasteiger partial charge in [0.15, 0.2) is 0 Å². The standard InChI is InChI=1S/C13H22/c1-10(2)13(11(3)4)9-12-7-5-6-8-12/h5,7-8,10-11,13H,6,9H2,1-4H3. The minimum absolute atomic E-state index is 0.801. The Morgan fingerprint density at radius 1 is 1.15 bits per heavy atom. The number of hydrogen-bond donors (Lipinski definition) is 0. The first kappa shape index (κ1) is 10.6. The molecule has 0 aromatic rings. The van der Waals surface area contributed by atoms with Gasteiger partial charge in [-0.1, -0.05) is 51.5 Å². The van der Waals surface area contributed by atoms with E-state index in [0.717, 1.165) is 24.2 Å². The predicted octanol–water partition coefficient (Wildman–Crippen LogP) is 4.19. The summed E-state index contributed by atoms with van der Waals surface area (Å²) >= 11 is 0. The van der Waals surface area contributed by atoms with Crippen molar-refractivity contribution in [1.29, 1.82) is 0 Å². The molecule has 0 N–H and O–H groups in total. The van der Waals surface area contributed by atoms with Gasteiger partial charge in [0.1, 0.15) is 0 Å². The molecular weight excluding hydrogens is 156 g/mol. The maximum absolute atomic E-state index is 2.36. The molecule has 0 amide bonds. The minimum Gasteiger partial charge on any atom is -0.0805 e. The van der Waals surface area contributed by atoms with Crippen molar-refractivity contribution in [1.82, 2.24) is 0 Å². The van der Waals surface area contributed by atoms with Crippen molar-refractivity contribution in [3.63, 3.8) is 0 Å². The smallest absolute Gasteiger partial charge is 0.0160 e. The van der Waals surface area contributed by atoms with Crippen LogP contribution in [0.15, 0.2) is 23.8 Å². The maximum Gasteiger partial charge on any atom is -0.0160 e. The fourth-order valence-electron chi connectivity index (χ4n) is 2.17. The van der Waals surface area contributed by atoms with Crippen molar-refractivity contribution < 1.29 is 0 Å². The average Bonchev–Trinajstić information content (AvgIpc) is 2.50. The topological polar surface area (TPSA) is 0 Å². The third-order valence-electron chi connectivity index (χ3n) is 3.03. The third-order valence-corrected chi connectivity index (χ3v) is 3.03. The van der Waals surface area contributed by atoms with Gasteiger partial charge in [0.05, 0.1) is 0 Å². The zero-order chi connectivity index (χ0) is 9.84. The molecule has 74 valence electrons. The van der Waals surface area contributed by atoms with Crippen LogP contribution in [-0.4, -0.2) is 0 Å².